The number of hydrogen-bond acceptors (Lipinski definition) is 1. The Kier molecular flexibility index (Phi) is 4.71. The van der Waals surface area contributed by atoms with Gasteiger partial charge in [-0.15, -0.1) is 0 Å². The predicted octanol–water partition coefficient (Wildman–Crippen LogP) is 2.63. The minimum Gasteiger partial charge on any atom is -0.338 e. The maximum Gasteiger partial charge on any atom is 0.318 e. The van der Waals surface area contributed by atoms with E-state index in [-0.39, 0.29) is 6.03 Å². The molecule has 1 rings (SSSR count). The van der Waals surface area contributed by atoms with E-state index in [4.69, 9.17) is 11.6 Å². The molecule has 80 valence electrons. The fraction of sp³-hybridized carbons (Fsp3) is 0.182. The van der Waals surface area contributed by atoms with Crippen molar-refractivity contribution in [3.63, 3.8) is 0 Å². The molecule has 0 spiro atoms. The molecule has 0 unspecified atom stereocenters. The summed E-state index contributed by atoms with van der Waals surface area (Å²) in [5.74, 6) is 0. The molecule has 0 aromatic heterocycles. The zero-order valence-corrected chi connectivity index (χ0v) is 9.21. The standard InChI is InChI=1S/C11H13ClN2O/c1-2-13-11(15)14-8-7-9-5-3-4-6-10(9)12/h3-8H,2H2,1H3,(H2,13,14,15)/b8-7+. The largest absolute Gasteiger partial charge is 0.338 e. The Hall–Kier alpha value is -1.48. The van der Waals surface area contributed by atoms with Crippen molar-refractivity contribution in [3.8, 4) is 0 Å². The van der Waals surface area contributed by atoms with Gasteiger partial charge in [-0.3, -0.25) is 0 Å². The minimum absolute atomic E-state index is 0.221. The first-order valence-electron chi connectivity index (χ1n) is 4.69. The topological polar surface area (TPSA) is 41.1 Å². The van der Waals surface area contributed by atoms with Crippen molar-refractivity contribution in [1.82, 2.24) is 10.6 Å². The van der Waals surface area contributed by atoms with Gasteiger partial charge in [0.05, 0.1) is 0 Å². The van der Waals surface area contributed by atoms with Crippen LogP contribution in [-0.4, -0.2) is 12.6 Å². The van der Waals surface area contributed by atoms with Crippen LogP contribution in [0.3, 0.4) is 0 Å². The second kappa shape index (κ2) is 6.09. The molecule has 0 aliphatic carbocycles. The zero-order chi connectivity index (χ0) is 11.1. The Morgan fingerprint density at radius 3 is 2.87 bits per heavy atom. The maximum absolute atomic E-state index is 11.0. The van der Waals surface area contributed by atoms with Gasteiger partial charge in [-0.25, -0.2) is 4.79 Å². The summed E-state index contributed by atoms with van der Waals surface area (Å²) in [6.45, 7) is 2.46. The lowest BCUT2D eigenvalue weighted by atomic mass is 10.2. The van der Waals surface area contributed by atoms with Crippen LogP contribution in [0.1, 0.15) is 12.5 Å². The Morgan fingerprint density at radius 1 is 1.47 bits per heavy atom. The molecule has 0 saturated carbocycles. The van der Waals surface area contributed by atoms with Gasteiger partial charge in [0.15, 0.2) is 0 Å². The number of nitrogens with one attached hydrogen (secondary N) is 2. The van der Waals surface area contributed by atoms with E-state index in [0.717, 1.165) is 5.56 Å². The van der Waals surface area contributed by atoms with Crippen LogP contribution in [-0.2, 0) is 0 Å². The lowest BCUT2D eigenvalue weighted by molar-refractivity contribution is 0.244. The average Bonchev–Trinajstić information content (AvgIpc) is 2.21. The van der Waals surface area contributed by atoms with Crippen LogP contribution in [0, 0.1) is 0 Å². The van der Waals surface area contributed by atoms with Gasteiger partial charge in [0.2, 0.25) is 0 Å². The van der Waals surface area contributed by atoms with Gasteiger partial charge >= 0.3 is 6.03 Å². The number of carbonyl (C=O) groups is 1. The average molecular weight is 225 g/mol. The molecule has 3 nitrogen and oxygen atoms in total. The van der Waals surface area contributed by atoms with Crippen LogP contribution >= 0.6 is 11.6 Å². The summed E-state index contributed by atoms with van der Waals surface area (Å²) in [5.41, 5.74) is 0.871. The summed E-state index contributed by atoms with van der Waals surface area (Å²) < 4.78 is 0. The number of urea groups is 1. The number of halogens is 1. The van der Waals surface area contributed by atoms with Gasteiger partial charge in [0.25, 0.3) is 0 Å². The molecular weight excluding hydrogens is 212 g/mol. The number of amides is 2. The second-order valence-electron chi connectivity index (χ2n) is 2.86. The van der Waals surface area contributed by atoms with E-state index < -0.39 is 0 Å². The summed E-state index contributed by atoms with van der Waals surface area (Å²) in [7, 11) is 0. The van der Waals surface area contributed by atoms with E-state index in [9.17, 15) is 4.79 Å². The summed E-state index contributed by atoms with van der Waals surface area (Å²) in [4.78, 5) is 11.0. The number of carbonyl (C=O) groups excluding carboxylic acids is 1. The highest BCUT2D eigenvalue weighted by molar-refractivity contribution is 6.32. The van der Waals surface area contributed by atoms with E-state index in [2.05, 4.69) is 10.6 Å². The summed E-state index contributed by atoms with van der Waals surface area (Å²) in [5, 5.41) is 5.84. The van der Waals surface area contributed by atoms with E-state index in [1.807, 2.05) is 25.1 Å². The number of hydrogen-bond donors (Lipinski definition) is 2. The van der Waals surface area contributed by atoms with Gasteiger partial charge in [-0.2, -0.15) is 0 Å². The molecule has 0 heterocycles. The first-order chi connectivity index (χ1) is 7.24. The summed E-state index contributed by atoms with van der Waals surface area (Å²) in [6.07, 6.45) is 3.31. The van der Waals surface area contributed by atoms with Gasteiger partial charge in [0, 0.05) is 17.8 Å². The smallest absolute Gasteiger partial charge is 0.318 e. The molecule has 4 heteroatoms. The normalized spacial score (nSPS) is 10.3. The molecule has 0 saturated heterocycles. The van der Waals surface area contributed by atoms with E-state index in [1.165, 1.54) is 0 Å². The van der Waals surface area contributed by atoms with Crippen molar-refractivity contribution in [2.75, 3.05) is 6.54 Å². The molecule has 2 amide bonds. The van der Waals surface area contributed by atoms with Crippen LogP contribution in [0.5, 0.6) is 0 Å². The molecule has 0 bridgehead atoms. The molecule has 0 atom stereocenters. The molecule has 0 aliphatic rings. The van der Waals surface area contributed by atoms with E-state index in [0.29, 0.717) is 11.6 Å². The van der Waals surface area contributed by atoms with E-state index in [1.54, 1.807) is 18.3 Å². The zero-order valence-electron chi connectivity index (χ0n) is 8.46. The quantitative estimate of drug-likeness (QED) is 0.814. The molecule has 1 aromatic carbocycles. The van der Waals surface area contributed by atoms with Gasteiger partial charge in [-0.05, 0) is 24.6 Å². The van der Waals surface area contributed by atoms with Gasteiger partial charge in [0.1, 0.15) is 0 Å². The molecule has 15 heavy (non-hydrogen) atoms. The van der Waals surface area contributed by atoms with Crippen molar-refractivity contribution >= 4 is 23.7 Å². The first kappa shape index (κ1) is 11.6. The van der Waals surface area contributed by atoms with Crippen LogP contribution in [0.4, 0.5) is 4.79 Å². The van der Waals surface area contributed by atoms with Crippen LogP contribution in [0.15, 0.2) is 30.5 Å². The minimum atomic E-state index is -0.221. The highest BCUT2D eigenvalue weighted by Crippen LogP contribution is 2.15. The fourth-order valence-corrected chi connectivity index (χ4v) is 1.23. The Labute approximate surface area is 94.1 Å². The van der Waals surface area contributed by atoms with Crippen molar-refractivity contribution in [2.45, 2.75) is 6.92 Å². The van der Waals surface area contributed by atoms with Gasteiger partial charge < -0.3 is 10.6 Å². The third-order valence-electron chi connectivity index (χ3n) is 1.72. The lowest BCUT2D eigenvalue weighted by Crippen LogP contribution is -2.31. The summed E-state index contributed by atoms with van der Waals surface area (Å²) >= 11 is 5.92. The first-order valence-corrected chi connectivity index (χ1v) is 5.07. The van der Waals surface area contributed by atoms with Crippen LogP contribution < -0.4 is 10.6 Å². The Morgan fingerprint density at radius 2 is 2.20 bits per heavy atom. The maximum atomic E-state index is 11.0. The molecular formula is C11H13ClN2O. The molecule has 2 N–H and O–H groups in total. The highest BCUT2D eigenvalue weighted by Gasteiger charge is 1.94. The van der Waals surface area contributed by atoms with Crippen molar-refractivity contribution in [3.05, 3.63) is 41.1 Å². The lowest BCUT2D eigenvalue weighted by Gasteiger charge is -2.00. The summed E-state index contributed by atoms with van der Waals surface area (Å²) in [6, 6.07) is 7.20. The van der Waals surface area contributed by atoms with Crippen molar-refractivity contribution in [2.24, 2.45) is 0 Å². The van der Waals surface area contributed by atoms with Crippen LogP contribution in [0.2, 0.25) is 5.02 Å². The van der Waals surface area contributed by atoms with Crippen molar-refractivity contribution in [1.29, 1.82) is 0 Å². The van der Waals surface area contributed by atoms with Crippen molar-refractivity contribution < 1.29 is 4.79 Å². The predicted molar refractivity (Wildman–Crippen MR) is 62.7 cm³/mol. The number of rotatable bonds is 3. The fourth-order valence-electron chi connectivity index (χ4n) is 1.03. The molecule has 0 aliphatic heterocycles. The SMILES string of the molecule is CCNC(=O)N/C=C/c1ccccc1Cl. The van der Waals surface area contributed by atoms with E-state index >= 15 is 0 Å². The van der Waals surface area contributed by atoms with Crippen LogP contribution in [0.25, 0.3) is 6.08 Å². The monoisotopic (exact) mass is 224 g/mol. The third kappa shape index (κ3) is 4.04. The third-order valence-corrected chi connectivity index (χ3v) is 2.06. The molecule has 0 fully saturated rings. The molecule has 1 aromatic rings. The van der Waals surface area contributed by atoms with Gasteiger partial charge in [-0.1, -0.05) is 29.8 Å². The second-order valence-corrected chi connectivity index (χ2v) is 3.27. The molecule has 0 radical (unpaired) electrons. The Balaban J connectivity index is 2.52. The Bertz CT molecular complexity index is 363. The number of benzene rings is 1. The highest BCUT2D eigenvalue weighted by atomic mass is 35.5.